The number of likely N-dealkylation sites (tertiary alicyclic amines) is 1. The van der Waals surface area contributed by atoms with Gasteiger partial charge in [0.1, 0.15) is 17.3 Å². The van der Waals surface area contributed by atoms with E-state index in [1.807, 2.05) is 32.9 Å². The molecule has 1 aliphatic heterocycles. The SMILES string of the molecule is Cc1cc(/C(O)=C2/C(=O)C(=O)N(CCc3ccc(Cl)cc3)C2c2ccc(O)cc2)ccc1OC(C)C. The van der Waals surface area contributed by atoms with E-state index in [0.717, 1.165) is 11.1 Å². The van der Waals surface area contributed by atoms with Crippen molar-refractivity contribution in [2.24, 2.45) is 0 Å². The molecule has 6 nitrogen and oxygen atoms in total. The maximum atomic E-state index is 13.2. The summed E-state index contributed by atoms with van der Waals surface area (Å²) in [5.74, 6) is -0.935. The minimum Gasteiger partial charge on any atom is -0.508 e. The van der Waals surface area contributed by atoms with Gasteiger partial charge in [0, 0.05) is 17.1 Å². The van der Waals surface area contributed by atoms with Crippen molar-refractivity contribution in [1.82, 2.24) is 4.90 Å². The Morgan fingerprint density at radius 2 is 1.69 bits per heavy atom. The first kappa shape index (κ1) is 25.3. The van der Waals surface area contributed by atoms with E-state index in [2.05, 4.69) is 0 Å². The van der Waals surface area contributed by atoms with Crippen LogP contribution in [0.1, 0.15) is 42.1 Å². The first-order valence-electron chi connectivity index (χ1n) is 11.7. The number of aliphatic hydroxyl groups is 1. The van der Waals surface area contributed by atoms with Gasteiger partial charge in [-0.1, -0.05) is 35.9 Å². The summed E-state index contributed by atoms with van der Waals surface area (Å²) in [6.45, 7) is 5.97. The van der Waals surface area contributed by atoms with E-state index < -0.39 is 17.7 Å². The van der Waals surface area contributed by atoms with Crippen molar-refractivity contribution in [3.8, 4) is 11.5 Å². The predicted molar refractivity (Wildman–Crippen MR) is 139 cm³/mol. The summed E-state index contributed by atoms with van der Waals surface area (Å²) < 4.78 is 5.78. The third kappa shape index (κ3) is 5.24. The predicted octanol–water partition coefficient (Wildman–Crippen LogP) is 5.81. The highest BCUT2D eigenvalue weighted by Gasteiger charge is 2.45. The van der Waals surface area contributed by atoms with Crippen LogP contribution in [0.5, 0.6) is 11.5 Å². The van der Waals surface area contributed by atoms with Crippen molar-refractivity contribution in [2.45, 2.75) is 39.3 Å². The van der Waals surface area contributed by atoms with Crippen LogP contribution in [-0.2, 0) is 16.0 Å². The lowest BCUT2D eigenvalue weighted by Crippen LogP contribution is -2.31. The number of aryl methyl sites for hydroxylation is 1. The molecule has 0 saturated carbocycles. The van der Waals surface area contributed by atoms with Gasteiger partial charge in [-0.15, -0.1) is 0 Å². The summed E-state index contributed by atoms with van der Waals surface area (Å²) in [4.78, 5) is 27.9. The second kappa shape index (κ2) is 10.5. The molecule has 1 atom stereocenters. The van der Waals surface area contributed by atoms with E-state index >= 15 is 0 Å². The maximum Gasteiger partial charge on any atom is 0.295 e. The number of ether oxygens (including phenoxy) is 1. The summed E-state index contributed by atoms with van der Waals surface area (Å²) in [5.41, 5.74) is 2.80. The van der Waals surface area contributed by atoms with Crippen molar-refractivity contribution in [3.63, 3.8) is 0 Å². The zero-order valence-electron chi connectivity index (χ0n) is 20.4. The third-order valence-electron chi connectivity index (χ3n) is 6.11. The number of nitrogens with zero attached hydrogens (tertiary/aromatic N) is 1. The normalized spacial score (nSPS) is 17.1. The molecule has 3 aromatic carbocycles. The molecule has 1 unspecified atom stereocenters. The number of aromatic hydroxyl groups is 1. The minimum atomic E-state index is -0.801. The summed E-state index contributed by atoms with van der Waals surface area (Å²) in [6.07, 6.45) is 0.489. The Kier molecular flexibility index (Phi) is 7.36. The van der Waals surface area contributed by atoms with E-state index in [9.17, 15) is 19.8 Å². The van der Waals surface area contributed by atoms with Gasteiger partial charge in [-0.25, -0.2) is 0 Å². The van der Waals surface area contributed by atoms with Gasteiger partial charge in [0.2, 0.25) is 0 Å². The van der Waals surface area contributed by atoms with E-state index in [0.29, 0.717) is 28.3 Å². The fourth-order valence-corrected chi connectivity index (χ4v) is 4.48. The Bertz CT molecular complexity index is 1310. The number of amides is 1. The standard InChI is InChI=1S/C29H28ClNO5/c1-17(2)36-24-13-8-21(16-18(24)3)27(33)25-26(20-6-11-23(32)12-7-20)31(29(35)28(25)34)15-14-19-4-9-22(30)10-5-19/h4-13,16-17,26,32-33H,14-15H2,1-3H3/b27-25-. The molecule has 1 heterocycles. The van der Waals surface area contributed by atoms with Gasteiger partial charge >= 0.3 is 0 Å². The summed E-state index contributed by atoms with van der Waals surface area (Å²) in [5, 5.41) is 21.7. The number of carbonyl (C=O) groups excluding carboxylic acids is 2. The molecular formula is C29H28ClNO5. The second-order valence-electron chi connectivity index (χ2n) is 9.11. The average Bonchev–Trinajstić information content (AvgIpc) is 3.09. The molecule has 1 amide bonds. The zero-order chi connectivity index (χ0) is 26.0. The van der Waals surface area contributed by atoms with Crippen LogP contribution in [-0.4, -0.2) is 39.5 Å². The number of benzene rings is 3. The highest BCUT2D eigenvalue weighted by Crippen LogP contribution is 2.40. The van der Waals surface area contributed by atoms with Crippen LogP contribution in [0.2, 0.25) is 5.02 Å². The minimum absolute atomic E-state index is 0.0105. The van der Waals surface area contributed by atoms with Crippen molar-refractivity contribution in [3.05, 3.63) is 99.6 Å². The molecule has 1 fully saturated rings. The van der Waals surface area contributed by atoms with Gasteiger partial charge in [-0.05, 0) is 86.3 Å². The monoisotopic (exact) mass is 505 g/mol. The number of rotatable bonds is 7. The van der Waals surface area contributed by atoms with Crippen molar-refractivity contribution in [2.75, 3.05) is 6.54 Å². The Morgan fingerprint density at radius 1 is 1.03 bits per heavy atom. The van der Waals surface area contributed by atoms with E-state index in [1.165, 1.54) is 17.0 Å². The summed E-state index contributed by atoms with van der Waals surface area (Å²) >= 11 is 5.98. The van der Waals surface area contributed by atoms with Crippen LogP contribution in [0.4, 0.5) is 0 Å². The van der Waals surface area contributed by atoms with Gasteiger partial charge < -0.3 is 19.8 Å². The lowest BCUT2D eigenvalue weighted by Gasteiger charge is -2.25. The number of halogens is 1. The molecule has 4 rings (SSSR count). The second-order valence-corrected chi connectivity index (χ2v) is 9.54. The molecule has 1 saturated heterocycles. The van der Waals surface area contributed by atoms with E-state index in [-0.39, 0.29) is 29.7 Å². The molecule has 0 bridgehead atoms. The molecule has 186 valence electrons. The average molecular weight is 506 g/mol. The molecule has 1 aliphatic rings. The number of phenols is 1. The number of phenolic OH excluding ortho intramolecular Hbond substituents is 1. The van der Waals surface area contributed by atoms with Gasteiger partial charge in [0.05, 0.1) is 17.7 Å². The summed E-state index contributed by atoms with van der Waals surface area (Å²) in [7, 11) is 0. The maximum absolute atomic E-state index is 13.2. The highest BCUT2D eigenvalue weighted by molar-refractivity contribution is 6.46. The largest absolute Gasteiger partial charge is 0.508 e. The molecule has 0 radical (unpaired) electrons. The Labute approximate surface area is 215 Å². The zero-order valence-corrected chi connectivity index (χ0v) is 21.1. The first-order valence-corrected chi connectivity index (χ1v) is 12.1. The fourth-order valence-electron chi connectivity index (χ4n) is 4.35. The van der Waals surface area contributed by atoms with Crippen molar-refractivity contribution < 1.29 is 24.5 Å². The molecule has 0 spiro atoms. The van der Waals surface area contributed by atoms with Crippen LogP contribution >= 0.6 is 11.6 Å². The Morgan fingerprint density at radius 3 is 2.31 bits per heavy atom. The van der Waals surface area contributed by atoms with Gasteiger partial charge in [-0.3, -0.25) is 9.59 Å². The van der Waals surface area contributed by atoms with Crippen molar-refractivity contribution in [1.29, 1.82) is 0 Å². The third-order valence-corrected chi connectivity index (χ3v) is 6.37. The molecule has 0 aromatic heterocycles. The van der Waals surface area contributed by atoms with Crippen LogP contribution < -0.4 is 4.74 Å². The quantitative estimate of drug-likeness (QED) is 0.240. The Balaban J connectivity index is 1.75. The van der Waals surface area contributed by atoms with E-state index in [1.54, 1.807) is 42.5 Å². The van der Waals surface area contributed by atoms with Gasteiger partial charge in [0.15, 0.2) is 0 Å². The van der Waals surface area contributed by atoms with Crippen LogP contribution in [0.3, 0.4) is 0 Å². The Hall–Kier alpha value is -3.77. The molecule has 7 heteroatoms. The number of Topliss-reactive ketones (excluding diaryl/α,β-unsaturated/α-hetero) is 1. The fraction of sp³-hybridized carbons (Fsp3) is 0.241. The number of aliphatic hydroxyl groups excluding tert-OH is 1. The van der Waals surface area contributed by atoms with Crippen LogP contribution in [0.25, 0.3) is 5.76 Å². The first-order chi connectivity index (χ1) is 17.2. The highest BCUT2D eigenvalue weighted by atomic mass is 35.5. The van der Waals surface area contributed by atoms with E-state index in [4.69, 9.17) is 16.3 Å². The molecule has 2 N–H and O–H groups in total. The molecular weight excluding hydrogens is 478 g/mol. The number of hydrogen-bond donors (Lipinski definition) is 2. The molecule has 36 heavy (non-hydrogen) atoms. The molecule has 0 aliphatic carbocycles. The smallest absolute Gasteiger partial charge is 0.295 e. The van der Waals surface area contributed by atoms with Gasteiger partial charge in [-0.2, -0.15) is 0 Å². The number of ketones is 1. The molecule has 3 aromatic rings. The van der Waals surface area contributed by atoms with Crippen molar-refractivity contribution >= 4 is 29.1 Å². The number of hydrogen-bond acceptors (Lipinski definition) is 5. The van der Waals surface area contributed by atoms with Gasteiger partial charge in [0.25, 0.3) is 11.7 Å². The topological polar surface area (TPSA) is 87.1 Å². The number of carbonyl (C=O) groups is 2. The lowest BCUT2D eigenvalue weighted by molar-refractivity contribution is -0.139. The van der Waals surface area contributed by atoms with Crippen LogP contribution in [0.15, 0.2) is 72.3 Å². The lowest BCUT2D eigenvalue weighted by atomic mass is 9.94. The summed E-state index contributed by atoms with van der Waals surface area (Å²) in [6, 6.07) is 18.0. The van der Waals surface area contributed by atoms with Crippen LogP contribution in [0, 0.1) is 6.92 Å².